The van der Waals surface area contributed by atoms with Gasteiger partial charge in [-0.25, -0.2) is 0 Å². The van der Waals surface area contributed by atoms with Gasteiger partial charge in [0.05, 0.1) is 0 Å². The molecule has 0 aromatic heterocycles. The molecule has 0 fully saturated rings. The van der Waals surface area contributed by atoms with Gasteiger partial charge in [-0.2, -0.15) is 0 Å². The molecule has 1 atom stereocenters. The van der Waals surface area contributed by atoms with Crippen LogP contribution >= 0.6 is 0 Å². The number of nitrogens with two attached hydrogens (primary N) is 2. The van der Waals surface area contributed by atoms with Crippen molar-refractivity contribution in [2.75, 3.05) is 20.6 Å². The number of rotatable bonds is 4. The molecular weight excluding hydrogens is 190 g/mol. The maximum absolute atomic E-state index is 9.64. The minimum atomic E-state index is -0.161. The number of hydrogen-bond donors (Lipinski definition) is 3. The summed E-state index contributed by atoms with van der Waals surface area (Å²) in [5.74, 6) is 0.302. The van der Waals surface area contributed by atoms with E-state index in [2.05, 4.69) is 0 Å². The fourth-order valence-corrected chi connectivity index (χ4v) is 1.44. The van der Waals surface area contributed by atoms with E-state index in [9.17, 15) is 5.11 Å². The molecule has 4 heteroatoms. The molecule has 0 aliphatic heterocycles. The Morgan fingerprint density at radius 3 is 2.60 bits per heavy atom. The van der Waals surface area contributed by atoms with Gasteiger partial charge in [-0.05, 0) is 31.8 Å². The van der Waals surface area contributed by atoms with Crippen molar-refractivity contribution in [1.29, 1.82) is 0 Å². The van der Waals surface area contributed by atoms with Crippen molar-refractivity contribution in [2.24, 2.45) is 11.5 Å². The molecule has 0 heterocycles. The van der Waals surface area contributed by atoms with E-state index < -0.39 is 0 Å². The molecule has 0 amide bonds. The predicted molar refractivity (Wildman–Crippen MR) is 61.5 cm³/mol. The fraction of sp³-hybridized carbons (Fsp3) is 0.455. The van der Waals surface area contributed by atoms with Crippen molar-refractivity contribution in [3.63, 3.8) is 0 Å². The summed E-state index contributed by atoms with van der Waals surface area (Å²) in [5.41, 5.74) is 13.2. The summed E-state index contributed by atoms with van der Waals surface area (Å²) < 4.78 is 0. The average Bonchev–Trinajstić information content (AvgIpc) is 2.19. The van der Waals surface area contributed by atoms with Crippen LogP contribution < -0.4 is 11.5 Å². The Morgan fingerprint density at radius 2 is 2.07 bits per heavy atom. The Hall–Kier alpha value is -1.10. The molecule has 0 bridgehead atoms. The molecule has 4 nitrogen and oxygen atoms in total. The van der Waals surface area contributed by atoms with Gasteiger partial charge < -0.3 is 21.5 Å². The third-order valence-electron chi connectivity index (χ3n) is 2.27. The van der Waals surface area contributed by atoms with Gasteiger partial charge in [-0.3, -0.25) is 0 Å². The Kier molecular flexibility index (Phi) is 4.08. The van der Waals surface area contributed by atoms with Gasteiger partial charge in [0, 0.05) is 24.7 Å². The second-order valence-electron chi connectivity index (χ2n) is 3.97. The van der Waals surface area contributed by atoms with Crippen LogP contribution in [-0.4, -0.2) is 30.6 Å². The third-order valence-corrected chi connectivity index (χ3v) is 2.27. The van der Waals surface area contributed by atoms with Gasteiger partial charge in [0.1, 0.15) is 5.75 Å². The zero-order valence-corrected chi connectivity index (χ0v) is 9.27. The van der Waals surface area contributed by atoms with E-state index in [1.807, 2.05) is 31.1 Å². The fourth-order valence-electron chi connectivity index (χ4n) is 1.44. The lowest BCUT2D eigenvalue weighted by Crippen LogP contribution is -2.21. The number of phenolic OH excluding ortho intramolecular Hbond substituents is 1. The first kappa shape index (κ1) is 12.0. The smallest absolute Gasteiger partial charge is 0.120 e. The van der Waals surface area contributed by atoms with Crippen LogP contribution in [0.1, 0.15) is 17.2 Å². The summed E-state index contributed by atoms with van der Waals surface area (Å²) in [6.45, 7) is 1.10. The van der Waals surface area contributed by atoms with Crippen molar-refractivity contribution >= 4 is 0 Å². The second kappa shape index (κ2) is 5.11. The topological polar surface area (TPSA) is 75.5 Å². The first-order chi connectivity index (χ1) is 7.04. The lowest BCUT2D eigenvalue weighted by atomic mass is 10.0. The van der Waals surface area contributed by atoms with E-state index >= 15 is 0 Å². The summed E-state index contributed by atoms with van der Waals surface area (Å²) in [6, 6.07) is 5.23. The number of aromatic hydroxyl groups is 1. The predicted octanol–water partition coefficient (Wildman–Crippen LogP) is 0.412. The van der Waals surface area contributed by atoms with Crippen LogP contribution in [0.15, 0.2) is 18.2 Å². The highest BCUT2D eigenvalue weighted by Gasteiger charge is 2.08. The summed E-state index contributed by atoms with van der Waals surface area (Å²) in [5, 5.41) is 9.64. The number of hydrogen-bond acceptors (Lipinski definition) is 4. The molecule has 15 heavy (non-hydrogen) atoms. The lowest BCUT2D eigenvalue weighted by Gasteiger charge is -2.15. The molecule has 5 N–H and O–H groups in total. The lowest BCUT2D eigenvalue weighted by molar-refractivity contribution is 0.385. The van der Waals surface area contributed by atoms with Crippen LogP contribution in [0.3, 0.4) is 0 Å². The van der Waals surface area contributed by atoms with E-state index in [1.165, 1.54) is 0 Å². The largest absolute Gasteiger partial charge is 0.508 e. The minimum Gasteiger partial charge on any atom is -0.508 e. The van der Waals surface area contributed by atoms with Crippen LogP contribution in [0, 0.1) is 0 Å². The van der Waals surface area contributed by atoms with E-state index in [0.717, 1.165) is 11.1 Å². The zero-order chi connectivity index (χ0) is 11.4. The van der Waals surface area contributed by atoms with Crippen molar-refractivity contribution in [2.45, 2.75) is 12.6 Å². The monoisotopic (exact) mass is 209 g/mol. The molecular formula is C11H19N3O. The molecule has 0 spiro atoms. The summed E-state index contributed by atoms with van der Waals surface area (Å²) in [7, 11) is 3.91. The second-order valence-corrected chi connectivity index (χ2v) is 3.97. The van der Waals surface area contributed by atoms with Gasteiger partial charge >= 0.3 is 0 Å². The van der Waals surface area contributed by atoms with Gasteiger partial charge in [0.25, 0.3) is 0 Å². The van der Waals surface area contributed by atoms with E-state index in [1.54, 1.807) is 6.07 Å². The molecule has 0 unspecified atom stereocenters. The summed E-state index contributed by atoms with van der Waals surface area (Å²) in [4.78, 5) is 1.99. The van der Waals surface area contributed by atoms with Crippen LogP contribution in [0.4, 0.5) is 0 Å². The maximum atomic E-state index is 9.64. The van der Waals surface area contributed by atoms with Crippen molar-refractivity contribution in [3.05, 3.63) is 29.3 Å². The molecule has 0 aliphatic rings. The van der Waals surface area contributed by atoms with E-state index in [0.29, 0.717) is 18.8 Å². The molecule has 0 saturated heterocycles. The maximum Gasteiger partial charge on any atom is 0.120 e. The molecule has 1 rings (SSSR count). The minimum absolute atomic E-state index is 0.161. The Morgan fingerprint density at radius 1 is 1.40 bits per heavy atom. The third kappa shape index (κ3) is 3.20. The highest BCUT2D eigenvalue weighted by Crippen LogP contribution is 2.22. The molecule has 0 radical (unpaired) electrons. The first-order valence-electron chi connectivity index (χ1n) is 4.96. The SMILES string of the molecule is CN(C)Cc1cc([C@@H](N)CN)ccc1O. The number of phenols is 1. The highest BCUT2D eigenvalue weighted by atomic mass is 16.3. The number of nitrogens with zero attached hydrogens (tertiary/aromatic N) is 1. The summed E-state index contributed by atoms with van der Waals surface area (Å²) >= 11 is 0. The van der Waals surface area contributed by atoms with Crippen LogP contribution in [0.5, 0.6) is 5.75 Å². The molecule has 1 aromatic carbocycles. The van der Waals surface area contributed by atoms with Crippen LogP contribution in [0.25, 0.3) is 0 Å². The standard InChI is InChI=1S/C11H19N3O/c1-14(2)7-9-5-8(10(13)6-12)3-4-11(9)15/h3-5,10,15H,6-7,12-13H2,1-2H3/t10-/m0/s1. The van der Waals surface area contributed by atoms with Crippen LogP contribution in [0.2, 0.25) is 0 Å². The number of benzene rings is 1. The molecule has 0 saturated carbocycles. The molecule has 1 aromatic rings. The molecule has 84 valence electrons. The van der Waals surface area contributed by atoms with Gasteiger partial charge in [-0.1, -0.05) is 6.07 Å². The summed E-state index contributed by atoms with van der Waals surface area (Å²) in [6.07, 6.45) is 0. The van der Waals surface area contributed by atoms with Gasteiger partial charge in [0.15, 0.2) is 0 Å². The van der Waals surface area contributed by atoms with E-state index in [-0.39, 0.29) is 6.04 Å². The van der Waals surface area contributed by atoms with Crippen molar-refractivity contribution < 1.29 is 5.11 Å². The van der Waals surface area contributed by atoms with Gasteiger partial charge in [-0.15, -0.1) is 0 Å². The Labute approximate surface area is 90.5 Å². The highest BCUT2D eigenvalue weighted by molar-refractivity contribution is 5.37. The first-order valence-corrected chi connectivity index (χ1v) is 4.96. The van der Waals surface area contributed by atoms with E-state index in [4.69, 9.17) is 11.5 Å². The normalized spacial score (nSPS) is 13.1. The average molecular weight is 209 g/mol. The van der Waals surface area contributed by atoms with Gasteiger partial charge in [0.2, 0.25) is 0 Å². The quantitative estimate of drug-likeness (QED) is 0.671. The zero-order valence-electron chi connectivity index (χ0n) is 9.27. The Bertz CT molecular complexity index is 326. The van der Waals surface area contributed by atoms with Crippen LogP contribution in [-0.2, 0) is 6.54 Å². The Balaban J connectivity index is 2.94. The van der Waals surface area contributed by atoms with Crippen molar-refractivity contribution in [1.82, 2.24) is 4.90 Å². The molecule has 0 aliphatic carbocycles. The van der Waals surface area contributed by atoms with Crippen molar-refractivity contribution in [3.8, 4) is 5.75 Å².